The van der Waals surface area contributed by atoms with Gasteiger partial charge in [0.2, 0.25) is 0 Å². The van der Waals surface area contributed by atoms with Gasteiger partial charge in [-0.3, -0.25) is 9.79 Å². The van der Waals surface area contributed by atoms with Crippen molar-refractivity contribution in [1.82, 2.24) is 0 Å². The molecule has 2 aromatic rings. The molecule has 0 radical (unpaired) electrons. The van der Waals surface area contributed by atoms with Gasteiger partial charge in [-0.05, 0) is 111 Å². The maximum Gasteiger partial charge on any atom is 0.573 e. The van der Waals surface area contributed by atoms with Crippen molar-refractivity contribution >= 4 is 17.9 Å². The van der Waals surface area contributed by atoms with E-state index in [1.807, 2.05) is 46.8 Å². The van der Waals surface area contributed by atoms with Crippen molar-refractivity contribution in [3.05, 3.63) is 59.2 Å². The SMILES string of the molecule is CC/C=C/C=N\c1c(C)c(-c2ccc(OC(F)(F)F)cc2)cc(C2CC(CC(=O)OC(C)(C)C)C2)c1CCO. The van der Waals surface area contributed by atoms with E-state index in [0.717, 1.165) is 52.8 Å². The summed E-state index contributed by atoms with van der Waals surface area (Å²) in [6.07, 6.45) is 4.08. The first-order valence-corrected chi connectivity index (χ1v) is 13.4. The van der Waals surface area contributed by atoms with E-state index in [0.29, 0.717) is 12.8 Å². The van der Waals surface area contributed by atoms with Gasteiger partial charge in [-0.2, -0.15) is 0 Å². The number of halogens is 3. The lowest BCUT2D eigenvalue weighted by atomic mass is 9.68. The summed E-state index contributed by atoms with van der Waals surface area (Å²) in [5.41, 5.74) is 4.70. The van der Waals surface area contributed by atoms with Crippen molar-refractivity contribution in [2.45, 2.75) is 84.6 Å². The first-order valence-electron chi connectivity index (χ1n) is 13.4. The van der Waals surface area contributed by atoms with Gasteiger partial charge in [-0.25, -0.2) is 0 Å². The number of hydrogen-bond donors (Lipinski definition) is 1. The Morgan fingerprint density at radius 1 is 1.15 bits per heavy atom. The number of esters is 1. The number of aliphatic imine (C=N–C) groups is 1. The van der Waals surface area contributed by atoms with Crippen LogP contribution in [-0.4, -0.2) is 35.9 Å². The number of allylic oxidation sites excluding steroid dienone is 2. The summed E-state index contributed by atoms with van der Waals surface area (Å²) in [4.78, 5) is 17.1. The summed E-state index contributed by atoms with van der Waals surface area (Å²) < 4.78 is 47.5. The highest BCUT2D eigenvalue weighted by molar-refractivity contribution is 5.81. The molecule has 0 saturated heterocycles. The maximum atomic E-state index is 12.7. The topological polar surface area (TPSA) is 68.1 Å². The average Bonchev–Trinajstić information content (AvgIpc) is 2.79. The number of carbonyl (C=O) groups is 1. The van der Waals surface area contributed by atoms with Crippen LogP contribution >= 0.6 is 0 Å². The lowest BCUT2D eigenvalue weighted by Crippen LogP contribution is -2.30. The third-order valence-electron chi connectivity index (χ3n) is 6.67. The maximum absolute atomic E-state index is 12.7. The van der Waals surface area contributed by atoms with Gasteiger partial charge in [0, 0.05) is 19.2 Å². The van der Waals surface area contributed by atoms with Crippen molar-refractivity contribution in [1.29, 1.82) is 0 Å². The van der Waals surface area contributed by atoms with Crippen LogP contribution in [0.5, 0.6) is 5.75 Å². The van der Waals surface area contributed by atoms with Crippen LogP contribution in [-0.2, 0) is 16.0 Å². The van der Waals surface area contributed by atoms with Crippen molar-refractivity contribution in [2.24, 2.45) is 10.9 Å². The van der Waals surface area contributed by atoms with Crippen molar-refractivity contribution in [2.75, 3.05) is 6.61 Å². The van der Waals surface area contributed by atoms with Gasteiger partial charge in [0.15, 0.2) is 0 Å². The Morgan fingerprint density at radius 2 is 1.82 bits per heavy atom. The summed E-state index contributed by atoms with van der Waals surface area (Å²) in [7, 11) is 0. The molecule has 0 spiro atoms. The van der Waals surface area contributed by atoms with E-state index in [2.05, 4.69) is 10.8 Å². The van der Waals surface area contributed by atoms with Gasteiger partial charge in [0.05, 0.1) is 5.69 Å². The monoisotopic (exact) mass is 545 g/mol. The van der Waals surface area contributed by atoms with Crippen molar-refractivity contribution in [3.63, 3.8) is 0 Å². The standard InChI is InChI=1S/C31H38F3NO4/c1-6-7-8-14-35-29-20(2)26(22-9-11-24(12-10-22)38-31(32,33)34)19-27(25(29)13-15-36)23-16-21(17-23)18-28(37)39-30(3,4)5/h7-12,14,19,21,23,36H,6,13,15-18H2,1-5H3/b8-7+,35-14-. The molecule has 3 rings (SSSR count). The van der Waals surface area contributed by atoms with Crippen LogP contribution in [0, 0.1) is 12.8 Å². The van der Waals surface area contributed by atoms with E-state index in [9.17, 15) is 23.1 Å². The van der Waals surface area contributed by atoms with Crippen LogP contribution < -0.4 is 4.74 Å². The highest BCUT2D eigenvalue weighted by Gasteiger charge is 2.35. The third kappa shape index (κ3) is 8.68. The zero-order valence-corrected chi connectivity index (χ0v) is 23.3. The first kappa shape index (κ1) is 30.4. The quantitative estimate of drug-likeness (QED) is 0.243. The molecule has 1 saturated carbocycles. The van der Waals surface area contributed by atoms with Crippen LogP contribution in [0.25, 0.3) is 11.1 Å². The molecule has 5 nitrogen and oxygen atoms in total. The molecule has 0 atom stereocenters. The van der Waals surface area contributed by atoms with Gasteiger partial charge in [0.25, 0.3) is 0 Å². The van der Waals surface area contributed by atoms with Gasteiger partial charge >= 0.3 is 12.3 Å². The highest BCUT2D eigenvalue weighted by atomic mass is 19.4. The second-order valence-electron chi connectivity index (χ2n) is 11.0. The lowest BCUT2D eigenvalue weighted by molar-refractivity contribution is -0.274. The molecule has 1 aliphatic rings. The number of nitrogens with zero attached hydrogens (tertiary/aromatic N) is 1. The predicted molar refractivity (Wildman–Crippen MR) is 148 cm³/mol. The fourth-order valence-electron chi connectivity index (χ4n) is 4.98. The molecular formula is C31H38F3NO4. The van der Waals surface area contributed by atoms with E-state index in [1.165, 1.54) is 12.1 Å². The van der Waals surface area contributed by atoms with Gasteiger partial charge < -0.3 is 14.6 Å². The summed E-state index contributed by atoms with van der Waals surface area (Å²) in [5, 5.41) is 9.90. The molecule has 0 aliphatic heterocycles. The Labute approximate surface area is 228 Å². The van der Waals surface area contributed by atoms with E-state index in [1.54, 1.807) is 18.3 Å². The lowest BCUT2D eigenvalue weighted by Gasteiger charge is -2.37. The summed E-state index contributed by atoms with van der Waals surface area (Å²) in [6.45, 7) is 9.47. The molecule has 0 bridgehead atoms. The van der Waals surface area contributed by atoms with Crippen molar-refractivity contribution in [3.8, 4) is 16.9 Å². The summed E-state index contributed by atoms with van der Waals surface area (Å²) in [6, 6.07) is 7.88. The average molecular weight is 546 g/mol. The molecule has 1 N–H and O–H groups in total. The molecule has 0 unspecified atom stereocenters. The predicted octanol–water partition coefficient (Wildman–Crippen LogP) is 7.99. The molecule has 2 aromatic carbocycles. The molecule has 0 aromatic heterocycles. The zero-order chi connectivity index (χ0) is 28.8. The zero-order valence-electron chi connectivity index (χ0n) is 23.3. The van der Waals surface area contributed by atoms with E-state index in [-0.39, 0.29) is 30.2 Å². The second-order valence-corrected chi connectivity index (χ2v) is 11.0. The number of rotatable bonds is 10. The van der Waals surface area contributed by atoms with E-state index in [4.69, 9.17) is 9.73 Å². The Bertz CT molecular complexity index is 1190. The summed E-state index contributed by atoms with van der Waals surface area (Å²) >= 11 is 0. The fourth-order valence-corrected chi connectivity index (χ4v) is 4.98. The highest BCUT2D eigenvalue weighted by Crippen LogP contribution is 2.48. The molecular weight excluding hydrogens is 507 g/mol. The number of benzene rings is 2. The Morgan fingerprint density at radius 3 is 2.38 bits per heavy atom. The van der Waals surface area contributed by atoms with Gasteiger partial charge in [-0.1, -0.05) is 31.2 Å². The molecule has 212 valence electrons. The van der Waals surface area contributed by atoms with Crippen LogP contribution in [0.3, 0.4) is 0 Å². The second kappa shape index (κ2) is 12.8. The Hall–Kier alpha value is -3.13. The molecule has 39 heavy (non-hydrogen) atoms. The molecule has 0 amide bonds. The Kier molecular flexibility index (Phi) is 9.99. The molecule has 0 heterocycles. The minimum Gasteiger partial charge on any atom is -0.460 e. The Balaban J connectivity index is 1.98. The van der Waals surface area contributed by atoms with Gasteiger partial charge in [0.1, 0.15) is 11.4 Å². The normalized spacial score (nSPS) is 18.0. The number of aliphatic hydroxyl groups excluding tert-OH is 1. The molecule has 1 fully saturated rings. The molecule has 1 aliphatic carbocycles. The first-order chi connectivity index (χ1) is 18.3. The largest absolute Gasteiger partial charge is 0.573 e. The minimum absolute atomic E-state index is 0.0450. The molecule has 8 heteroatoms. The number of alkyl halides is 3. The number of hydrogen-bond acceptors (Lipinski definition) is 5. The van der Waals surface area contributed by atoms with Crippen LogP contribution in [0.4, 0.5) is 18.9 Å². The smallest absolute Gasteiger partial charge is 0.460 e. The van der Waals surface area contributed by atoms with Crippen LogP contribution in [0.2, 0.25) is 0 Å². The van der Waals surface area contributed by atoms with E-state index >= 15 is 0 Å². The number of ether oxygens (including phenoxy) is 2. The minimum atomic E-state index is -4.76. The number of aliphatic hydroxyl groups is 1. The van der Waals surface area contributed by atoms with Crippen LogP contribution in [0.1, 0.15) is 76.0 Å². The fraction of sp³-hybridized carbons (Fsp3) is 0.484. The third-order valence-corrected chi connectivity index (χ3v) is 6.67. The van der Waals surface area contributed by atoms with Gasteiger partial charge in [-0.15, -0.1) is 13.2 Å². The van der Waals surface area contributed by atoms with E-state index < -0.39 is 12.0 Å². The van der Waals surface area contributed by atoms with Crippen molar-refractivity contribution < 1.29 is 32.5 Å². The summed E-state index contributed by atoms with van der Waals surface area (Å²) in [5.74, 6) is -0.116. The van der Waals surface area contributed by atoms with Crippen LogP contribution in [0.15, 0.2) is 47.5 Å². The number of carbonyl (C=O) groups excluding carboxylic acids is 1.